The van der Waals surface area contributed by atoms with Gasteiger partial charge in [0.2, 0.25) is 5.91 Å². The number of amides is 1. The van der Waals surface area contributed by atoms with Crippen molar-refractivity contribution < 1.29 is 9.90 Å². The molecule has 0 bridgehead atoms. The maximum absolute atomic E-state index is 12.5. The van der Waals surface area contributed by atoms with Crippen LogP contribution in [0.15, 0.2) is 12.1 Å². The molecule has 116 valence electrons. The predicted octanol–water partition coefficient (Wildman–Crippen LogP) is 2.40. The first-order valence-corrected chi connectivity index (χ1v) is 7.69. The maximum atomic E-state index is 12.5. The van der Waals surface area contributed by atoms with E-state index in [1.807, 2.05) is 20.8 Å². The third-order valence-electron chi connectivity index (χ3n) is 4.28. The molecule has 1 aliphatic rings. The van der Waals surface area contributed by atoms with Crippen LogP contribution in [0.25, 0.3) is 0 Å². The van der Waals surface area contributed by atoms with Crippen LogP contribution in [0.5, 0.6) is 0 Å². The van der Waals surface area contributed by atoms with Crippen molar-refractivity contribution >= 4 is 11.6 Å². The summed E-state index contributed by atoms with van der Waals surface area (Å²) in [5.41, 5.74) is 4.30. The number of nitrogens with one attached hydrogen (secondary N) is 1. The Morgan fingerprint density at radius 2 is 1.95 bits per heavy atom. The Kier molecular flexibility index (Phi) is 5.01. The molecule has 0 aliphatic carbocycles. The highest BCUT2D eigenvalue weighted by molar-refractivity contribution is 5.96. The van der Waals surface area contributed by atoms with Gasteiger partial charge in [0, 0.05) is 12.2 Å². The third-order valence-corrected chi connectivity index (χ3v) is 4.28. The van der Waals surface area contributed by atoms with Crippen LogP contribution >= 0.6 is 0 Å². The summed E-state index contributed by atoms with van der Waals surface area (Å²) in [6.07, 6.45) is 1.47. The van der Waals surface area contributed by atoms with Crippen molar-refractivity contribution in [2.24, 2.45) is 0 Å². The lowest BCUT2D eigenvalue weighted by molar-refractivity contribution is -0.121. The minimum atomic E-state index is -0.308. The van der Waals surface area contributed by atoms with Crippen LogP contribution in [0.3, 0.4) is 0 Å². The highest BCUT2D eigenvalue weighted by Gasteiger charge is 2.26. The molecule has 21 heavy (non-hydrogen) atoms. The molecule has 1 aromatic carbocycles. The zero-order valence-corrected chi connectivity index (χ0v) is 13.4. The Morgan fingerprint density at radius 1 is 1.33 bits per heavy atom. The van der Waals surface area contributed by atoms with E-state index >= 15 is 0 Å². The zero-order valence-electron chi connectivity index (χ0n) is 13.4. The fourth-order valence-corrected chi connectivity index (χ4v) is 3.11. The summed E-state index contributed by atoms with van der Waals surface area (Å²) in [4.78, 5) is 14.5. The van der Waals surface area contributed by atoms with E-state index in [0.29, 0.717) is 6.54 Å². The Balaban J connectivity index is 2.07. The molecule has 1 heterocycles. The molecule has 0 spiro atoms. The monoisotopic (exact) mass is 290 g/mol. The smallest absolute Gasteiger partial charge is 0.241 e. The van der Waals surface area contributed by atoms with Crippen LogP contribution in [-0.4, -0.2) is 41.1 Å². The van der Waals surface area contributed by atoms with Gasteiger partial charge in [0.05, 0.1) is 12.1 Å². The molecule has 1 aromatic rings. The molecule has 2 N–H and O–H groups in total. The molecule has 0 saturated carbocycles. The highest BCUT2D eigenvalue weighted by Crippen LogP contribution is 2.23. The number of rotatable bonds is 3. The number of carbonyl (C=O) groups is 1. The summed E-state index contributed by atoms with van der Waals surface area (Å²) >= 11 is 0. The second-order valence-corrected chi connectivity index (χ2v) is 6.23. The molecule has 0 radical (unpaired) electrons. The fourth-order valence-electron chi connectivity index (χ4n) is 3.11. The lowest BCUT2D eigenvalue weighted by Crippen LogP contribution is -2.48. The third kappa shape index (κ3) is 3.83. The van der Waals surface area contributed by atoms with E-state index in [2.05, 4.69) is 29.3 Å². The van der Waals surface area contributed by atoms with Crippen molar-refractivity contribution in [1.82, 2.24) is 4.90 Å². The lowest BCUT2D eigenvalue weighted by Gasteiger charge is -2.34. The van der Waals surface area contributed by atoms with Crippen LogP contribution in [0.4, 0.5) is 5.69 Å². The molecule has 4 heteroatoms. The van der Waals surface area contributed by atoms with Crippen molar-refractivity contribution in [3.05, 3.63) is 28.8 Å². The number of β-amino-alcohol motifs (C(OH)–C–C–N with tert-alkyl or cyclic N) is 1. The van der Waals surface area contributed by atoms with E-state index in [9.17, 15) is 9.90 Å². The Bertz CT molecular complexity index is 505. The summed E-state index contributed by atoms with van der Waals surface area (Å²) < 4.78 is 0. The van der Waals surface area contributed by atoms with Crippen molar-refractivity contribution in [2.75, 3.05) is 18.4 Å². The Labute approximate surface area is 127 Å². The van der Waals surface area contributed by atoms with E-state index in [4.69, 9.17) is 0 Å². The van der Waals surface area contributed by atoms with Crippen LogP contribution in [0.1, 0.15) is 36.5 Å². The number of nitrogens with zero attached hydrogens (tertiary/aromatic N) is 1. The number of hydrogen-bond acceptors (Lipinski definition) is 3. The van der Waals surface area contributed by atoms with Gasteiger partial charge < -0.3 is 10.4 Å². The van der Waals surface area contributed by atoms with E-state index < -0.39 is 0 Å². The minimum absolute atomic E-state index is 0.000784. The van der Waals surface area contributed by atoms with Crippen LogP contribution < -0.4 is 5.32 Å². The molecular weight excluding hydrogens is 264 g/mol. The standard InChI is InChI=1S/C17H26N2O2/c1-11-8-12(2)16(13(3)9-11)18-17(21)14(4)19-7-5-6-15(20)10-19/h8-9,14-15,20H,5-7,10H2,1-4H3,(H,18,21). The van der Waals surface area contributed by atoms with Crippen LogP contribution in [0, 0.1) is 20.8 Å². The van der Waals surface area contributed by atoms with Gasteiger partial charge in [0.25, 0.3) is 0 Å². The van der Waals surface area contributed by atoms with Crippen LogP contribution in [0.2, 0.25) is 0 Å². The fraction of sp³-hybridized carbons (Fsp3) is 0.588. The van der Waals surface area contributed by atoms with Crippen LogP contribution in [-0.2, 0) is 4.79 Å². The van der Waals surface area contributed by atoms with E-state index in [0.717, 1.165) is 36.2 Å². The number of anilines is 1. The maximum Gasteiger partial charge on any atom is 0.241 e. The molecule has 2 rings (SSSR count). The first-order valence-electron chi connectivity index (χ1n) is 7.69. The van der Waals surface area contributed by atoms with E-state index in [1.54, 1.807) is 0 Å². The second kappa shape index (κ2) is 6.58. The Morgan fingerprint density at radius 3 is 2.52 bits per heavy atom. The molecule has 4 nitrogen and oxygen atoms in total. The van der Waals surface area contributed by atoms with Gasteiger partial charge >= 0.3 is 0 Å². The molecular formula is C17H26N2O2. The molecule has 1 amide bonds. The summed E-state index contributed by atoms with van der Waals surface area (Å²) in [6, 6.07) is 3.94. The van der Waals surface area contributed by atoms with Gasteiger partial charge in [0.15, 0.2) is 0 Å². The van der Waals surface area contributed by atoms with Gasteiger partial charge in [-0.05, 0) is 58.2 Å². The number of aliphatic hydroxyl groups is 1. The average Bonchev–Trinajstić information content (AvgIpc) is 2.41. The van der Waals surface area contributed by atoms with Crippen molar-refractivity contribution in [2.45, 2.75) is 52.7 Å². The Hall–Kier alpha value is -1.39. The largest absolute Gasteiger partial charge is 0.392 e. The number of likely N-dealkylation sites (tertiary alicyclic amines) is 1. The number of benzene rings is 1. The average molecular weight is 290 g/mol. The molecule has 2 unspecified atom stereocenters. The number of carbonyl (C=O) groups excluding carboxylic acids is 1. The zero-order chi connectivity index (χ0) is 15.6. The van der Waals surface area contributed by atoms with E-state index in [-0.39, 0.29) is 18.1 Å². The predicted molar refractivity (Wildman–Crippen MR) is 85.6 cm³/mol. The first-order chi connectivity index (χ1) is 9.88. The molecule has 1 aliphatic heterocycles. The summed E-state index contributed by atoms with van der Waals surface area (Å²) in [5.74, 6) is -0.000784. The quantitative estimate of drug-likeness (QED) is 0.899. The van der Waals surface area contributed by atoms with Crippen molar-refractivity contribution in [3.63, 3.8) is 0 Å². The van der Waals surface area contributed by atoms with Gasteiger partial charge in [-0.15, -0.1) is 0 Å². The van der Waals surface area contributed by atoms with Gasteiger partial charge in [-0.25, -0.2) is 0 Å². The number of piperidine rings is 1. The number of aryl methyl sites for hydroxylation is 3. The highest BCUT2D eigenvalue weighted by atomic mass is 16.3. The summed E-state index contributed by atoms with van der Waals surface area (Å²) in [7, 11) is 0. The van der Waals surface area contributed by atoms with Gasteiger partial charge in [-0.3, -0.25) is 9.69 Å². The number of hydrogen-bond donors (Lipinski definition) is 2. The van der Waals surface area contributed by atoms with Gasteiger partial charge in [0.1, 0.15) is 0 Å². The minimum Gasteiger partial charge on any atom is -0.392 e. The topological polar surface area (TPSA) is 52.6 Å². The second-order valence-electron chi connectivity index (χ2n) is 6.23. The molecule has 1 fully saturated rings. The number of aliphatic hydroxyl groups excluding tert-OH is 1. The molecule has 2 atom stereocenters. The normalized spacial score (nSPS) is 21.1. The summed E-state index contributed by atoms with van der Waals surface area (Å²) in [6.45, 7) is 9.46. The lowest BCUT2D eigenvalue weighted by atomic mass is 10.0. The van der Waals surface area contributed by atoms with Crippen molar-refractivity contribution in [3.8, 4) is 0 Å². The first kappa shape index (κ1) is 16.0. The van der Waals surface area contributed by atoms with E-state index in [1.165, 1.54) is 5.56 Å². The SMILES string of the molecule is Cc1cc(C)c(NC(=O)C(C)N2CCCC(O)C2)c(C)c1. The van der Waals surface area contributed by atoms with Gasteiger partial charge in [-0.1, -0.05) is 17.7 Å². The van der Waals surface area contributed by atoms with Crippen molar-refractivity contribution in [1.29, 1.82) is 0 Å². The summed E-state index contributed by atoms with van der Waals surface area (Å²) in [5, 5.41) is 12.8. The molecule has 1 saturated heterocycles. The molecule has 0 aromatic heterocycles. The van der Waals surface area contributed by atoms with Gasteiger partial charge in [-0.2, -0.15) is 0 Å².